The molecule has 0 atom stereocenters. The normalized spacial score (nSPS) is 12.4. The molecule has 0 aliphatic rings. The van der Waals surface area contributed by atoms with Crippen molar-refractivity contribution >= 4 is 70.9 Å². The predicted octanol–water partition coefficient (Wildman–Crippen LogP) is 11.0. The van der Waals surface area contributed by atoms with Crippen molar-refractivity contribution in [2.75, 3.05) is 13.7 Å². The van der Waals surface area contributed by atoms with Gasteiger partial charge in [-0.25, -0.2) is 4.79 Å². The average molecular weight is 835 g/mol. The lowest BCUT2D eigenvalue weighted by molar-refractivity contribution is 0.0587. The van der Waals surface area contributed by atoms with Crippen molar-refractivity contribution in [1.82, 2.24) is 24.1 Å². The molecule has 1 N–H and O–H groups in total. The number of hydrogen-bond acceptors (Lipinski definition) is 7. The Morgan fingerprint density at radius 1 is 0.946 bits per heavy atom. The molecular formula is C43H53Cl2N5O4SSi. The van der Waals surface area contributed by atoms with E-state index in [1.165, 1.54) is 7.11 Å². The van der Waals surface area contributed by atoms with E-state index in [2.05, 4.69) is 57.5 Å². The highest BCUT2D eigenvalue weighted by molar-refractivity contribution is 7.97. The molecule has 0 radical (unpaired) electrons. The summed E-state index contributed by atoms with van der Waals surface area (Å²) in [5, 5.41) is 24.4. The standard InChI is InChI=1S/C43H53Cl2N5O4SSi/c1-26-38-36(50(41(26)42(52)53-8)18-11-19-54-56(9,10)43(3,4)5)17-16-34(45)40(38)39-27(2)48(6)47-35(39)25-55-24-31-23-32(49(7)46-31)14-12-28-20-29-22-30(44)13-15-33(29)37(51)21-28/h13,15-17,20-23,51H,11-12,14,18-19,24-25H2,1-10H3. The molecule has 0 amide bonds. The van der Waals surface area contributed by atoms with Crippen LogP contribution in [-0.2, 0) is 54.2 Å². The number of carbonyl (C=O) groups excluding carboxylic acids is 1. The van der Waals surface area contributed by atoms with Gasteiger partial charge < -0.3 is 18.8 Å². The van der Waals surface area contributed by atoms with Crippen molar-refractivity contribution in [3.8, 4) is 16.9 Å². The maximum atomic E-state index is 13.4. The average Bonchev–Trinajstić information content (AvgIpc) is 3.73. The van der Waals surface area contributed by atoms with Crippen LogP contribution in [0.2, 0.25) is 28.2 Å². The number of esters is 1. The first-order valence-electron chi connectivity index (χ1n) is 19.0. The molecule has 0 bridgehead atoms. The number of aryl methyl sites for hydroxylation is 6. The number of carbonyl (C=O) groups is 1. The fraction of sp³-hybridized carbons (Fsp3) is 0.419. The molecule has 0 saturated carbocycles. The van der Waals surface area contributed by atoms with Crippen molar-refractivity contribution in [2.45, 2.75) is 90.1 Å². The predicted molar refractivity (Wildman–Crippen MR) is 234 cm³/mol. The summed E-state index contributed by atoms with van der Waals surface area (Å²) in [6, 6.07) is 15.5. The Balaban J connectivity index is 1.22. The van der Waals surface area contributed by atoms with Crippen LogP contribution in [0, 0.1) is 13.8 Å². The Morgan fingerprint density at radius 2 is 1.70 bits per heavy atom. The number of aromatic hydroxyl groups is 1. The second-order valence-electron chi connectivity index (χ2n) is 16.2. The molecule has 6 aromatic rings. The highest BCUT2D eigenvalue weighted by Gasteiger charge is 2.37. The molecule has 0 fully saturated rings. The zero-order valence-corrected chi connectivity index (χ0v) is 37.5. The Morgan fingerprint density at radius 3 is 2.41 bits per heavy atom. The van der Waals surface area contributed by atoms with E-state index in [1.807, 2.05) is 60.7 Å². The molecule has 9 nitrogen and oxygen atoms in total. The zero-order chi connectivity index (χ0) is 40.7. The summed E-state index contributed by atoms with van der Waals surface area (Å²) in [5.41, 5.74) is 9.22. The fourth-order valence-corrected chi connectivity index (χ4v) is 9.61. The van der Waals surface area contributed by atoms with Gasteiger partial charge in [-0.05, 0) is 110 Å². The number of methoxy groups -OCH3 is 1. The summed E-state index contributed by atoms with van der Waals surface area (Å²) in [6.45, 7) is 16.5. The second-order valence-corrected chi connectivity index (χ2v) is 22.8. The van der Waals surface area contributed by atoms with E-state index >= 15 is 0 Å². The van der Waals surface area contributed by atoms with E-state index in [-0.39, 0.29) is 16.8 Å². The van der Waals surface area contributed by atoms with Gasteiger partial charge in [-0.15, -0.1) is 11.8 Å². The van der Waals surface area contributed by atoms with Crippen molar-refractivity contribution in [2.24, 2.45) is 14.1 Å². The summed E-state index contributed by atoms with van der Waals surface area (Å²) in [4.78, 5) is 13.4. The minimum atomic E-state index is -1.91. The number of ether oxygens (including phenoxy) is 1. The largest absolute Gasteiger partial charge is 0.507 e. The number of aromatic nitrogens is 5. The molecule has 56 heavy (non-hydrogen) atoms. The minimum Gasteiger partial charge on any atom is -0.507 e. The fourth-order valence-electron chi connectivity index (χ4n) is 7.24. The molecule has 0 spiro atoms. The maximum absolute atomic E-state index is 13.4. The number of hydrogen-bond donors (Lipinski definition) is 1. The van der Waals surface area contributed by atoms with Crippen LogP contribution in [0.25, 0.3) is 32.8 Å². The molecule has 0 aliphatic heterocycles. The topological polar surface area (TPSA) is 96.3 Å². The molecule has 298 valence electrons. The number of phenolic OH excluding ortho intramolecular Hbond substituents is 1. The molecule has 13 heteroatoms. The Kier molecular flexibility index (Phi) is 12.4. The van der Waals surface area contributed by atoms with Crippen molar-refractivity contribution in [3.63, 3.8) is 0 Å². The lowest BCUT2D eigenvalue weighted by atomic mass is 9.97. The summed E-state index contributed by atoms with van der Waals surface area (Å²) in [5.74, 6) is 1.23. The number of fused-ring (bicyclic) bond motifs is 2. The van der Waals surface area contributed by atoms with Gasteiger partial charge in [0, 0.05) is 87.6 Å². The quantitative estimate of drug-likeness (QED) is 0.0663. The third kappa shape index (κ3) is 8.43. The first-order chi connectivity index (χ1) is 26.4. The highest BCUT2D eigenvalue weighted by atomic mass is 35.5. The third-order valence-electron chi connectivity index (χ3n) is 11.4. The number of rotatable bonds is 14. The van der Waals surface area contributed by atoms with Crippen molar-refractivity contribution < 1.29 is 19.1 Å². The molecule has 3 aromatic carbocycles. The van der Waals surface area contributed by atoms with Gasteiger partial charge in [0.2, 0.25) is 0 Å². The Labute approximate surface area is 345 Å². The van der Waals surface area contributed by atoms with Gasteiger partial charge in [-0.3, -0.25) is 9.36 Å². The monoisotopic (exact) mass is 833 g/mol. The number of benzene rings is 3. The minimum absolute atomic E-state index is 0.117. The van der Waals surface area contributed by atoms with E-state index in [4.69, 9.17) is 42.6 Å². The van der Waals surface area contributed by atoms with E-state index in [0.717, 1.165) is 86.0 Å². The molecule has 0 aliphatic carbocycles. The van der Waals surface area contributed by atoms with Crippen molar-refractivity contribution in [3.05, 3.63) is 98.2 Å². The molecule has 3 aromatic heterocycles. The second kappa shape index (κ2) is 16.6. The van der Waals surface area contributed by atoms with E-state index in [9.17, 15) is 9.90 Å². The summed E-state index contributed by atoms with van der Waals surface area (Å²) in [7, 11) is 3.44. The van der Waals surface area contributed by atoms with Gasteiger partial charge >= 0.3 is 5.97 Å². The van der Waals surface area contributed by atoms with Crippen LogP contribution >= 0.6 is 35.0 Å². The van der Waals surface area contributed by atoms with E-state index < -0.39 is 8.32 Å². The van der Waals surface area contributed by atoms with Crippen LogP contribution in [0.15, 0.2) is 48.5 Å². The molecular weight excluding hydrogens is 782 g/mol. The Bertz CT molecular complexity index is 2430. The third-order valence-corrected chi connectivity index (χ3v) is 17.5. The molecule has 0 saturated heterocycles. The SMILES string of the molecule is COC(=O)c1c(C)c2c(-c3c(CSCc4cc(CCc5cc(O)c6ccc(Cl)cc6c5)n(C)n4)nn(C)c3C)c(Cl)ccc2n1CCCO[Si](C)(C)C(C)(C)C. The van der Waals surface area contributed by atoms with Gasteiger partial charge in [0.05, 0.1) is 18.5 Å². The van der Waals surface area contributed by atoms with Gasteiger partial charge in [0.1, 0.15) is 11.4 Å². The number of nitrogens with zero attached hydrogens (tertiary/aromatic N) is 5. The van der Waals surface area contributed by atoms with Gasteiger partial charge in [0.15, 0.2) is 8.32 Å². The van der Waals surface area contributed by atoms with Crippen LogP contribution < -0.4 is 0 Å². The maximum Gasteiger partial charge on any atom is 0.354 e. The molecule has 6 rings (SSSR count). The van der Waals surface area contributed by atoms with Crippen LogP contribution in [0.5, 0.6) is 5.75 Å². The van der Waals surface area contributed by atoms with Crippen LogP contribution in [0.4, 0.5) is 0 Å². The van der Waals surface area contributed by atoms with Gasteiger partial charge in [0.25, 0.3) is 0 Å². The van der Waals surface area contributed by atoms with Gasteiger partial charge in [-0.2, -0.15) is 10.2 Å². The molecule has 0 unspecified atom stereocenters. The summed E-state index contributed by atoms with van der Waals surface area (Å²) < 4.78 is 17.7. The summed E-state index contributed by atoms with van der Waals surface area (Å²) in [6.07, 6.45) is 2.29. The lowest BCUT2D eigenvalue weighted by Crippen LogP contribution is -2.41. The molecule has 3 heterocycles. The smallest absolute Gasteiger partial charge is 0.354 e. The van der Waals surface area contributed by atoms with Crippen molar-refractivity contribution in [1.29, 1.82) is 0 Å². The zero-order valence-electron chi connectivity index (χ0n) is 34.1. The number of phenols is 1. The van der Waals surface area contributed by atoms with E-state index in [0.29, 0.717) is 40.4 Å². The highest BCUT2D eigenvalue weighted by Crippen LogP contribution is 2.43. The van der Waals surface area contributed by atoms with Gasteiger partial charge in [-0.1, -0.05) is 50.0 Å². The summed E-state index contributed by atoms with van der Waals surface area (Å²) >= 11 is 15.1. The van der Waals surface area contributed by atoms with E-state index in [1.54, 1.807) is 17.8 Å². The Hall–Kier alpha value is -3.74. The first kappa shape index (κ1) is 41.9. The first-order valence-corrected chi connectivity index (χ1v) is 23.8. The van der Waals surface area contributed by atoms with Crippen LogP contribution in [-0.4, -0.2) is 57.2 Å². The number of thioether (sulfide) groups is 1. The lowest BCUT2D eigenvalue weighted by Gasteiger charge is -2.36. The van der Waals surface area contributed by atoms with Crippen LogP contribution in [0.3, 0.4) is 0 Å². The van der Waals surface area contributed by atoms with Crippen LogP contribution in [0.1, 0.15) is 71.6 Å². The number of halogens is 2.